The summed E-state index contributed by atoms with van der Waals surface area (Å²) in [6.45, 7) is 0.676. The molecular weight excluding hydrogens is 268 g/mol. The summed E-state index contributed by atoms with van der Waals surface area (Å²) in [6.07, 6.45) is 2.77. The van der Waals surface area contributed by atoms with E-state index in [2.05, 4.69) is 17.4 Å². The minimum absolute atomic E-state index is 0.277. The summed E-state index contributed by atoms with van der Waals surface area (Å²) in [5, 5.41) is 5.47. The Morgan fingerprint density at radius 1 is 1.30 bits per heavy atom. The zero-order valence-electron chi connectivity index (χ0n) is 11.3. The lowest BCUT2D eigenvalue weighted by molar-refractivity contribution is -0.125. The van der Waals surface area contributed by atoms with E-state index >= 15 is 0 Å². The predicted octanol–water partition coefficient (Wildman–Crippen LogP) is 2.55. The van der Waals surface area contributed by atoms with Gasteiger partial charge in [0, 0.05) is 11.4 Å². The number of rotatable bonds is 4. The summed E-state index contributed by atoms with van der Waals surface area (Å²) in [7, 11) is 0. The molecule has 3 rings (SSSR count). The predicted molar refractivity (Wildman–Crippen MR) is 81.4 cm³/mol. The quantitative estimate of drug-likeness (QED) is 0.907. The van der Waals surface area contributed by atoms with Gasteiger partial charge in [0.05, 0.1) is 0 Å². The number of nitrogens with two attached hydrogens (primary N) is 1. The summed E-state index contributed by atoms with van der Waals surface area (Å²) in [4.78, 5) is 13.4. The van der Waals surface area contributed by atoms with Gasteiger partial charge in [-0.2, -0.15) is 0 Å². The third-order valence-electron chi connectivity index (χ3n) is 4.04. The van der Waals surface area contributed by atoms with Crippen molar-refractivity contribution in [1.29, 1.82) is 0 Å². The maximum absolute atomic E-state index is 12.2. The highest BCUT2D eigenvalue weighted by Crippen LogP contribution is 2.35. The number of carbonyl (C=O) groups excluding carboxylic acids is 1. The van der Waals surface area contributed by atoms with Crippen LogP contribution in [0, 0.1) is 0 Å². The van der Waals surface area contributed by atoms with E-state index in [0.29, 0.717) is 6.54 Å². The van der Waals surface area contributed by atoms with Crippen LogP contribution < -0.4 is 11.1 Å². The second-order valence-corrected chi connectivity index (χ2v) is 6.25. The van der Waals surface area contributed by atoms with Gasteiger partial charge in [0.25, 0.3) is 0 Å². The summed E-state index contributed by atoms with van der Waals surface area (Å²) in [5.41, 5.74) is 7.32. The Bertz CT molecular complexity index is 609. The topological polar surface area (TPSA) is 55.1 Å². The van der Waals surface area contributed by atoms with Crippen LogP contribution in [0.4, 0.5) is 0 Å². The van der Waals surface area contributed by atoms with Crippen LogP contribution in [-0.2, 0) is 23.3 Å². The fraction of sp³-hybridized carbons (Fsp3) is 0.312. The molecule has 1 aromatic carbocycles. The first kappa shape index (κ1) is 13.3. The Labute approximate surface area is 122 Å². The lowest BCUT2D eigenvalue weighted by Gasteiger charge is -2.37. The van der Waals surface area contributed by atoms with Crippen molar-refractivity contribution in [3.05, 3.63) is 57.8 Å². The zero-order chi connectivity index (χ0) is 14.0. The smallest absolute Gasteiger partial charge is 0.242 e. The maximum atomic E-state index is 12.2. The SMILES string of the molecule is NC(=O)C1(NCc2cccs2)CCCc2ccccc21. The highest BCUT2D eigenvalue weighted by Gasteiger charge is 2.41. The van der Waals surface area contributed by atoms with Crippen LogP contribution in [0.1, 0.15) is 28.8 Å². The Balaban J connectivity index is 1.95. The monoisotopic (exact) mass is 286 g/mol. The van der Waals surface area contributed by atoms with E-state index in [0.717, 1.165) is 24.8 Å². The van der Waals surface area contributed by atoms with E-state index in [1.54, 1.807) is 11.3 Å². The van der Waals surface area contributed by atoms with Crippen LogP contribution in [0.15, 0.2) is 41.8 Å². The van der Waals surface area contributed by atoms with Crippen LogP contribution in [0.25, 0.3) is 0 Å². The number of hydrogen-bond donors (Lipinski definition) is 2. The first-order valence-corrected chi connectivity index (χ1v) is 7.76. The molecule has 1 unspecified atom stereocenters. The second-order valence-electron chi connectivity index (χ2n) is 5.21. The molecule has 3 nitrogen and oxygen atoms in total. The van der Waals surface area contributed by atoms with Gasteiger partial charge < -0.3 is 5.73 Å². The molecule has 1 aliphatic carbocycles. The average molecular weight is 286 g/mol. The van der Waals surface area contributed by atoms with E-state index in [9.17, 15) is 4.79 Å². The molecule has 0 saturated carbocycles. The summed E-state index contributed by atoms with van der Waals surface area (Å²) < 4.78 is 0. The number of nitrogens with one attached hydrogen (secondary N) is 1. The van der Waals surface area contributed by atoms with Gasteiger partial charge in [-0.05, 0) is 41.8 Å². The van der Waals surface area contributed by atoms with Gasteiger partial charge >= 0.3 is 0 Å². The van der Waals surface area contributed by atoms with E-state index in [1.807, 2.05) is 29.6 Å². The molecule has 1 aliphatic rings. The summed E-state index contributed by atoms with van der Waals surface area (Å²) in [6, 6.07) is 12.2. The van der Waals surface area contributed by atoms with Crippen molar-refractivity contribution in [2.24, 2.45) is 5.73 Å². The highest BCUT2D eigenvalue weighted by atomic mass is 32.1. The van der Waals surface area contributed by atoms with Crippen molar-refractivity contribution < 1.29 is 4.79 Å². The first-order valence-electron chi connectivity index (χ1n) is 6.88. The molecule has 0 spiro atoms. The van der Waals surface area contributed by atoms with Crippen LogP contribution in [-0.4, -0.2) is 5.91 Å². The lowest BCUT2D eigenvalue weighted by atomic mass is 9.76. The number of amides is 1. The van der Waals surface area contributed by atoms with Crippen molar-refractivity contribution in [3.63, 3.8) is 0 Å². The van der Waals surface area contributed by atoms with Crippen molar-refractivity contribution in [1.82, 2.24) is 5.32 Å². The van der Waals surface area contributed by atoms with Crippen molar-refractivity contribution in [2.45, 2.75) is 31.3 Å². The number of carbonyl (C=O) groups is 1. The second kappa shape index (κ2) is 5.38. The number of fused-ring (bicyclic) bond motifs is 1. The molecule has 0 aliphatic heterocycles. The summed E-state index contributed by atoms with van der Waals surface area (Å²) in [5.74, 6) is -0.277. The molecular formula is C16H18N2OS. The van der Waals surface area contributed by atoms with Crippen LogP contribution in [0.5, 0.6) is 0 Å². The van der Waals surface area contributed by atoms with Crippen molar-refractivity contribution in [2.75, 3.05) is 0 Å². The molecule has 104 valence electrons. The molecule has 0 saturated heterocycles. The van der Waals surface area contributed by atoms with Crippen molar-refractivity contribution in [3.8, 4) is 0 Å². The average Bonchev–Trinajstić information content (AvgIpc) is 2.98. The Hall–Kier alpha value is -1.65. The molecule has 20 heavy (non-hydrogen) atoms. The molecule has 1 amide bonds. The largest absolute Gasteiger partial charge is 0.368 e. The normalized spacial score (nSPS) is 21.4. The van der Waals surface area contributed by atoms with Gasteiger partial charge in [0.2, 0.25) is 5.91 Å². The number of hydrogen-bond acceptors (Lipinski definition) is 3. The van der Waals surface area contributed by atoms with Gasteiger partial charge in [-0.3, -0.25) is 10.1 Å². The van der Waals surface area contributed by atoms with Crippen LogP contribution in [0.2, 0.25) is 0 Å². The molecule has 2 aromatic rings. The Morgan fingerprint density at radius 3 is 2.90 bits per heavy atom. The van der Waals surface area contributed by atoms with Gasteiger partial charge in [0.1, 0.15) is 5.54 Å². The van der Waals surface area contributed by atoms with Gasteiger partial charge in [-0.25, -0.2) is 0 Å². The van der Waals surface area contributed by atoms with E-state index in [1.165, 1.54) is 10.4 Å². The van der Waals surface area contributed by atoms with Crippen molar-refractivity contribution >= 4 is 17.2 Å². The molecule has 1 aromatic heterocycles. The maximum Gasteiger partial charge on any atom is 0.242 e. The van der Waals surface area contributed by atoms with Gasteiger partial charge in [-0.15, -0.1) is 11.3 Å². The zero-order valence-corrected chi connectivity index (χ0v) is 12.1. The molecule has 4 heteroatoms. The third-order valence-corrected chi connectivity index (χ3v) is 4.92. The molecule has 1 atom stereocenters. The van der Waals surface area contributed by atoms with Crippen LogP contribution in [0.3, 0.4) is 0 Å². The minimum atomic E-state index is -0.723. The number of aryl methyl sites for hydroxylation is 1. The Kier molecular flexibility index (Phi) is 3.59. The first-order chi connectivity index (χ1) is 9.72. The standard InChI is InChI=1S/C16H18N2OS/c17-15(19)16(18-11-13-7-4-10-20-13)9-3-6-12-5-1-2-8-14(12)16/h1-2,4-5,7-8,10,18H,3,6,9,11H2,(H2,17,19). The minimum Gasteiger partial charge on any atom is -0.368 e. The van der Waals surface area contributed by atoms with Gasteiger partial charge in [-0.1, -0.05) is 30.3 Å². The lowest BCUT2D eigenvalue weighted by Crippen LogP contribution is -2.54. The van der Waals surface area contributed by atoms with Crippen LogP contribution >= 0.6 is 11.3 Å². The number of thiophene rings is 1. The molecule has 3 N–H and O–H groups in total. The molecule has 0 radical (unpaired) electrons. The van der Waals surface area contributed by atoms with Gasteiger partial charge in [0.15, 0.2) is 0 Å². The Morgan fingerprint density at radius 2 is 2.15 bits per heavy atom. The fourth-order valence-electron chi connectivity index (χ4n) is 3.01. The highest BCUT2D eigenvalue weighted by molar-refractivity contribution is 7.09. The fourth-order valence-corrected chi connectivity index (χ4v) is 3.66. The van der Waals surface area contributed by atoms with E-state index in [-0.39, 0.29) is 5.91 Å². The molecule has 1 heterocycles. The molecule has 0 fully saturated rings. The van der Waals surface area contributed by atoms with E-state index in [4.69, 9.17) is 5.73 Å². The number of primary amides is 1. The third kappa shape index (κ3) is 2.25. The summed E-state index contributed by atoms with van der Waals surface area (Å²) >= 11 is 1.69. The number of benzene rings is 1. The van der Waals surface area contributed by atoms with E-state index < -0.39 is 5.54 Å². The molecule has 0 bridgehead atoms.